The minimum atomic E-state index is -0.236. The second-order valence-corrected chi connectivity index (χ2v) is 8.25. The van der Waals surface area contributed by atoms with Crippen molar-refractivity contribution >= 4 is 29.3 Å². The number of nitriles is 1. The fourth-order valence-electron chi connectivity index (χ4n) is 3.45. The van der Waals surface area contributed by atoms with Crippen molar-refractivity contribution in [2.45, 2.75) is 37.0 Å². The van der Waals surface area contributed by atoms with Gasteiger partial charge in [0.05, 0.1) is 22.9 Å². The first-order chi connectivity index (χ1) is 14.2. The highest BCUT2D eigenvalue weighted by molar-refractivity contribution is 8.00. The number of anilines is 1. The van der Waals surface area contributed by atoms with E-state index in [-0.39, 0.29) is 17.6 Å². The Hall–Kier alpha value is -2.78. The molecule has 0 heterocycles. The molecule has 0 aliphatic heterocycles. The minimum Gasteiger partial charge on any atom is -0.355 e. The van der Waals surface area contributed by atoms with Crippen LogP contribution in [-0.4, -0.2) is 24.1 Å². The second kappa shape index (κ2) is 10.7. The largest absolute Gasteiger partial charge is 0.355 e. The first-order valence-corrected chi connectivity index (χ1v) is 10.9. The zero-order valence-electron chi connectivity index (χ0n) is 16.3. The number of rotatable bonds is 7. The zero-order valence-corrected chi connectivity index (χ0v) is 17.1. The van der Waals surface area contributed by atoms with Gasteiger partial charge in [-0.3, -0.25) is 9.59 Å². The first kappa shape index (κ1) is 20.9. The SMILES string of the molecule is N#Cc1ccc(NC(=O)c2ccccc2SCC(=O)NCC2CCCCC2)cc1. The zero-order chi connectivity index (χ0) is 20.5. The van der Waals surface area contributed by atoms with Crippen LogP contribution >= 0.6 is 11.8 Å². The van der Waals surface area contributed by atoms with Crippen LogP contribution in [0.4, 0.5) is 5.69 Å². The van der Waals surface area contributed by atoms with E-state index in [2.05, 4.69) is 16.7 Å². The summed E-state index contributed by atoms with van der Waals surface area (Å²) in [6.45, 7) is 0.750. The predicted molar refractivity (Wildman–Crippen MR) is 116 cm³/mol. The van der Waals surface area contributed by atoms with Gasteiger partial charge in [0.25, 0.3) is 5.91 Å². The van der Waals surface area contributed by atoms with Crippen LogP contribution in [0.2, 0.25) is 0 Å². The molecule has 0 bridgehead atoms. The highest BCUT2D eigenvalue weighted by Crippen LogP contribution is 2.25. The molecule has 0 saturated heterocycles. The number of carbonyl (C=O) groups excluding carboxylic acids is 2. The van der Waals surface area contributed by atoms with Crippen molar-refractivity contribution < 1.29 is 9.59 Å². The Morgan fingerprint density at radius 2 is 1.76 bits per heavy atom. The maximum atomic E-state index is 12.7. The fourth-order valence-corrected chi connectivity index (χ4v) is 4.33. The monoisotopic (exact) mass is 407 g/mol. The maximum Gasteiger partial charge on any atom is 0.256 e. The number of hydrogen-bond donors (Lipinski definition) is 2. The lowest BCUT2D eigenvalue weighted by molar-refractivity contribution is -0.118. The molecule has 5 nitrogen and oxygen atoms in total. The molecule has 0 spiro atoms. The average molecular weight is 408 g/mol. The molecule has 2 aromatic rings. The van der Waals surface area contributed by atoms with Gasteiger partial charge >= 0.3 is 0 Å². The van der Waals surface area contributed by atoms with E-state index in [1.165, 1.54) is 43.9 Å². The van der Waals surface area contributed by atoms with E-state index in [1.807, 2.05) is 12.1 Å². The predicted octanol–water partition coefficient (Wildman–Crippen LogP) is 4.60. The molecule has 1 saturated carbocycles. The second-order valence-electron chi connectivity index (χ2n) is 7.24. The lowest BCUT2D eigenvalue weighted by Crippen LogP contribution is -2.31. The summed E-state index contributed by atoms with van der Waals surface area (Å²) in [6, 6.07) is 16.0. The molecule has 1 aliphatic carbocycles. The Bertz CT molecular complexity index is 884. The van der Waals surface area contributed by atoms with Crippen LogP contribution < -0.4 is 10.6 Å². The highest BCUT2D eigenvalue weighted by Gasteiger charge is 2.16. The summed E-state index contributed by atoms with van der Waals surface area (Å²) in [5.74, 6) is 0.653. The van der Waals surface area contributed by atoms with Gasteiger partial charge in [-0.15, -0.1) is 11.8 Å². The molecule has 0 radical (unpaired) electrons. The lowest BCUT2D eigenvalue weighted by Gasteiger charge is -2.21. The highest BCUT2D eigenvalue weighted by atomic mass is 32.2. The van der Waals surface area contributed by atoms with Crippen LogP contribution in [0.5, 0.6) is 0 Å². The normalized spacial score (nSPS) is 14.0. The van der Waals surface area contributed by atoms with Crippen LogP contribution in [-0.2, 0) is 4.79 Å². The van der Waals surface area contributed by atoms with Crippen molar-refractivity contribution in [3.63, 3.8) is 0 Å². The molecule has 2 amide bonds. The summed E-state index contributed by atoms with van der Waals surface area (Å²) in [6.07, 6.45) is 6.23. The average Bonchev–Trinajstić information content (AvgIpc) is 2.77. The van der Waals surface area contributed by atoms with Crippen LogP contribution in [0.3, 0.4) is 0 Å². The van der Waals surface area contributed by atoms with E-state index in [0.717, 1.165) is 11.4 Å². The number of amides is 2. The fraction of sp³-hybridized carbons (Fsp3) is 0.348. The Labute approximate surface area is 175 Å². The number of thioether (sulfide) groups is 1. The molecule has 6 heteroatoms. The van der Waals surface area contributed by atoms with Gasteiger partial charge in [0.2, 0.25) is 5.91 Å². The molecule has 29 heavy (non-hydrogen) atoms. The molecule has 0 atom stereocenters. The molecule has 0 aromatic heterocycles. The number of nitrogens with zero attached hydrogens (tertiary/aromatic N) is 1. The van der Waals surface area contributed by atoms with Gasteiger partial charge in [-0.1, -0.05) is 31.4 Å². The summed E-state index contributed by atoms with van der Waals surface area (Å²) in [5, 5.41) is 14.7. The van der Waals surface area contributed by atoms with Crippen molar-refractivity contribution in [2.75, 3.05) is 17.6 Å². The topological polar surface area (TPSA) is 82.0 Å². The maximum absolute atomic E-state index is 12.7. The molecule has 1 fully saturated rings. The standard InChI is InChI=1S/C23H25N3O2S/c24-14-17-10-12-19(13-11-17)26-23(28)20-8-4-5-9-21(20)29-16-22(27)25-15-18-6-2-1-3-7-18/h4-5,8-13,18H,1-3,6-7,15-16H2,(H,25,27)(H,26,28). The lowest BCUT2D eigenvalue weighted by atomic mass is 9.89. The van der Waals surface area contributed by atoms with Crippen molar-refractivity contribution in [3.05, 3.63) is 59.7 Å². The summed E-state index contributed by atoms with van der Waals surface area (Å²) in [4.78, 5) is 25.7. The van der Waals surface area contributed by atoms with Gasteiger partial charge in [-0.05, 0) is 55.2 Å². The molecule has 2 aromatic carbocycles. The van der Waals surface area contributed by atoms with Gasteiger partial charge in [-0.2, -0.15) is 5.26 Å². The van der Waals surface area contributed by atoms with Crippen molar-refractivity contribution in [3.8, 4) is 6.07 Å². The minimum absolute atomic E-state index is 0.00266. The smallest absolute Gasteiger partial charge is 0.256 e. The molecular weight excluding hydrogens is 382 g/mol. The van der Waals surface area contributed by atoms with E-state index in [9.17, 15) is 9.59 Å². The van der Waals surface area contributed by atoms with Crippen LogP contribution in [0, 0.1) is 17.2 Å². The summed E-state index contributed by atoms with van der Waals surface area (Å²) < 4.78 is 0. The van der Waals surface area contributed by atoms with E-state index < -0.39 is 0 Å². The Kier molecular flexibility index (Phi) is 7.71. The van der Waals surface area contributed by atoms with E-state index >= 15 is 0 Å². The Balaban J connectivity index is 1.54. The molecule has 3 rings (SSSR count). The van der Waals surface area contributed by atoms with Crippen molar-refractivity contribution in [1.29, 1.82) is 5.26 Å². The molecule has 150 valence electrons. The number of nitrogens with one attached hydrogen (secondary N) is 2. The van der Waals surface area contributed by atoms with Crippen molar-refractivity contribution in [1.82, 2.24) is 5.32 Å². The first-order valence-electron chi connectivity index (χ1n) is 9.96. The number of benzene rings is 2. The molecule has 0 unspecified atom stereocenters. The number of carbonyl (C=O) groups is 2. The van der Waals surface area contributed by atoms with E-state index in [1.54, 1.807) is 36.4 Å². The van der Waals surface area contributed by atoms with Gasteiger partial charge in [-0.25, -0.2) is 0 Å². The van der Waals surface area contributed by atoms with Crippen LogP contribution in [0.25, 0.3) is 0 Å². The summed E-state index contributed by atoms with van der Waals surface area (Å²) in [5.41, 5.74) is 1.69. The quantitative estimate of drug-likeness (QED) is 0.657. The van der Waals surface area contributed by atoms with E-state index in [0.29, 0.717) is 22.7 Å². The third kappa shape index (κ3) is 6.37. The molecular formula is C23H25N3O2S. The van der Waals surface area contributed by atoms with Gasteiger partial charge in [0, 0.05) is 17.1 Å². The van der Waals surface area contributed by atoms with Crippen LogP contribution in [0.1, 0.15) is 48.0 Å². The molecule has 2 N–H and O–H groups in total. The van der Waals surface area contributed by atoms with Gasteiger partial charge < -0.3 is 10.6 Å². The van der Waals surface area contributed by atoms with Crippen molar-refractivity contribution in [2.24, 2.45) is 5.92 Å². The van der Waals surface area contributed by atoms with Crippen LogP contribution in [0.15, 0.2) is 53.4 Å². The van der Waals surface area contributed by atoms with Gasteiger partial charge in [0.1, 0.15) is 0 Å². The Morgan fingerprint density at radius 1 is 1.03 bits per heavy atom. The third-order valence-electron chi connectivity index (χ3n) is 5.07. The third-order valence-corrected chi connectivity index (χ3v) is 6.15. The van der Waals surface area contributed by atoms with Gasteiger partial charge in [0.15, 0.2) is 0 Å². The summed E-state index contributed by atoms with van der Waals surface area (Å²) in [7, 11) is 0. The summed E-state index contributed by atoms with van der Waals surface area (Å²) >= 11 is 1.37. The molecule has 1 aliphatic rings. The number of hydrogen-bond acceptors (Lipinski definition) is 4. The Morgan fingerprint density at radius 3 is 2.48 bits per heavy atom. The van der Waals surface area contributed by atoms with E-state index in [4.69, 9.17) is 5.26 Å².